The Morgan fingerprint density at radius 1 is 1.53 bits per heavy atom. The number of morpholine rings is 1. The maximum absolute atomic E-state index is 12.5. The number of aromatic nitrogens is 2. The van der Waals surface area contributed by atoms with Crippen molar-refractivity contribution < 1.29 is 9.53 Å². The maximum Gasteiger partial charge on any atom is 0.257 e. The van der Waals surface area contributed by atoms with Crippen LogP contribution >= 0.6 is 23.2 Å². The smallest absolute Gasteiger partial charge is 0.257 e. The Balaban J connectivity index is 2.28. The largest absolute Gasteiger partial charge is 0.375 e. The summed E-state index contributed by atoms with van der Waals surface area (Å²) in [4.78, 5) is 14.3. The van der Waals surface area contributed by atoms with Crippen molar-refractivity contribution in [2.45, 2.75) is 32.4 Å². The van der Waals surface area contributed by atoms with Gasteiger partial charge in [-0.3, -0.25) is 4.79 Å². The fourth-order valence-corrected chi connectivity index (χ4v) is 2.41. The standard InChI is InChI=1S/C12H15Cl2N3O2/c1-3-8-6-19-7(2)5-17(8)12(18)9-4-10(13)15-16-11(9)14/h4,7-8H,3,5-6H2,1-2H3. The van der Waals surface area contributed by atoms with Gasteiger partial charge in [0.15, 0.2) is 10.3 Å². The third kappa shape index (κ3) is 3.16. The number of hydrogen-bond donors (Lipinski definition) is 0. The van der Waals surface area contributed by atoms with Gasteiger partial charge in [-0.15, -0.1) is 10.2 Å². The van der Waals surface area contributed by atoms with E-state index in [-0.39, 0.29) is 33.9 Å². The van der Waals surface area contributed by atoms with Gasteiger partial charge in [0, 0.05) is 6.54 Å². The van der Waals surface area contributed by atoms with Crippen molar-refractivity contribution in [2.24, 2.45) is 0 Å². The molecule has 0 saturated carbocycles. The highest BCUT2D eigenvalue weighted by atomic mass is 35.5. The van der Waals surface area contributed by atoms with Gasteiger partial charge in [-0.1, -0.05) is 30.1 Å². The molecule has 2 heterocycles. The third-order valence-electron chi connectivity index (χ3n) is 3.15. The molecule has 0 N–H and O–H groups in total. The summed E-state index contributed by atoms with van der Waals surface area (Å²) in [6.45, 7) is 5.02. The van der Waals surface area contributed by atoms with E-state index in [2.05, 4.69) is 10.2 Å². The number of amides is 1. The highest BCUT2D eigenvalue weighted by Crippen LogP contribution is 2.22. The van der Waals surface area contributed by atoms with Gasteiger partial charge in [-0.2, -0.15) is 0 Å². The van der Waals surface area contributed by atoms with Gasteiger partial charge >= 0.3 is 0 Å². The lowest BCUT2D eigenvalue weighted by Crippen LogP contribution is -2.51. The van der Waals surface area contributed by atoms with Crippen molar-refractivity contribution in [1.29, 1.82) is 0 Å². The number of ether oxygens (including phenoxy) is 1. The summed E-state index contributed by atoms with van der Waals surface area (Å²) in [6, 6.07) is 1.50. The van der Waals surface area contributed by atoms with Gasteiger partial charge in [0.1, 0.15) is 0 Å². The number of hydrogen-bond acceptors (Lipinski definition) is 4. The summed E-state index contributed by atoms with van der Waals surface area (Å²) >= 11 is 11.7. The van der Waals surface area contributed by atoms with E-state index in [4.69, 9.17) is 27.9 Å². The van der Waals surface area contributed by atoms with Crippen LogP contribution in [-0.2, 0) is 4.74 Å². The van der Waals surface area contributed by atoms with Gasteiger partial charge in [0.25, 0.3) is 5.91 Å². The molecule has 1 aliphatic rings. The Bertz CT molecular complexity index is 484. The van der Waals surface area contributed by atoms with Gasteiger partial charge in [0.2, 0.25) is 0 Å². The Morgan fingerprint density at radius 2 is 2.26 bits per heavy atom. The molecule has 1 aliphatic heterocycles. The van der Waals surface area contributed by atoms with E-state index in [0.29, 0.717) is 13.2 Å². The van der Waals surface area contributed by atoms with E-state index in [0.717, 1.165) is 6.42 Å². The summed E-state index contributed by atoms with van der Waals surface area (Å²) in [5.74, 6) is -0.177. The first kappa shape index (κ1) is 14.5. The van der Waals surface area contributed by atoms with E-state index in [9.17, 15) is 4.79 Å². The van der Waals surface area contributed by atoms with Crippen LogP contribution in [0.5, 0.6) is 0 Å². The first-order valence-electron chi connectivity index (χ1n) is 6.14. The Kier molecular flexibility index (Phi) is 4.60. The predicted octanol–water partition coefficient (Wildman–Crippen LogP) is 2.42. The summed E-state index contributed by atoms with van der Waals surface area (Å²) in [7, 11) is 0. The molecule has 0 bridgehead atoms. The molecule has 7 heteroatoms. The molecule has 0 spiro atoms. The minimum Gasteiger partial charge on any atom is -0.375 e. The number of carbonyl (C=O) groups is 1. The van der Waals surface area contributed by atoms with E-state index in [1.165, 1.54) is 6.07 Å². The Labute approximate surface area is 121 Å². The minimum atomic E-state index is -0.177. The molecule has 5 nitrogen and oxygen atoms in total. The first-order chi connectivity index (χ1) is 9.02. The summed E-state index contributed by atoms with van der Waals surface area (Å²) < 4.78 is 5.57. The third-order valence-corrected chi connectivity index (χ3v) is 3.61. The fourth-order valence-electron chi connectivity index (χ4n) is 2.09. The summed E-state index contributed by atoms with van der Waals surface area (Å²) in [5.41, 5.74) is 0.286. The van der Waals surface area contributed by atoms with Crippen LogP contribution in [0.4, 0.5) is 0 Å². The Hall–Kier alpha value is -0.910. The second-order valence-electron chi connectivity index (χ2n) is 4.54. The number of carbonyl (C=O) groups excluding carboxylic acids is 1. The lowest BCUT2D eigenvalue weighted by molar-refractivity contribution is -0.0444. The van der Waals surface area contributed by atoms with Crippen LogP contribution in [0.25, 0.3) is 0 Å². The van der Waals surface area contributed by atoms with Crippen molar-refractivity contribution >= 4 is 29.1 Å². The van der Waals surface area contributed by atoms with Crippen LogP contribution in [0.2, 0.25) is 10.3 Å². The quantitative estimate of drug-likeness (QED) is 0.842. The van der Waals surface area contributed by atoms with E-state index in [1.54, 1.807) is 4.90 Å². The first-order valence-corrected chi connectivity index (χ1v) is 6.89. The van der Waals surface area contributed by atoms with Crippen LogP contribution in [0, 0.1) is 0 Å². The highest BCUT2D eigenvalue weighted by molar-refractivity contribution is 6.34. The monoisotopic (exact) mass is 303 g/mol. The second-order valence-corrected chi connectivity index (χ2v) is 5.28. The molecular weight excluding hydrogens is 289 g/mol. The molecule has 0 aromatic carbocycles. The van der Waals surface area contributed by atoms with Gasteiger partial charge < -0.3 is 9.64 Å². The van der Waals surface area contributed by atoms with Crippen molar-refractivity contribution in [1.82, 2.24) is 15.1 Å². The SMILES string of the molecule is CCC1COC(C)CN1C(=O)c1cc(Cl)nnc1Cl. The normalized spacial score (nSPS) is 23.5. The van der Waals surface area contributed by atoms with E-state index in [1.807, 2.05) is 13.8 Å². The molecule has 104 valence electrons. The molecule has 2 unspecified atom stereocenters. The second kappa shape index (κ2) is 6.03. The van der Waals surface area contributed by atoms with Gasteiger partial charge in [-0.05, 0) is 19.4 Å². The zero-order valence-electron chi connectivity index (χ0n) is 10.8. The molecule has 0 radical (unpaired) electrons. The topological polar surface area (TPSA) is 55.3 Å². The maximum atomic E-state index is 12.5. The van der Waals surface area contributed by atoms with E-state index < -0.39 is 0 Å². The average Bonchev–Trinajstić information content (AvgIpc) is 2.40. The molecular formula is C12H15Cl2N3O2. The molecule has 0 aliphatic carbocycles. The molecule has 2 rings (SSSR count). The molecule has 1 aromatic heterocycles. The van der Waals surface area contributed by atoms with Gasteiger partial charge in [-0.25, -0.2) is 0 Å². The van der Waals surface area contributed by atoms with Crippen molar-refractivity contribution in [3.63, 3.8) is 0 Å². The van der Waals surface area contributed by atoms with Crippen LogP contribution in [-0.4, -0.2) is 46.3 Å². The van der Waals surface area contributed by atoms with Crippen LogP contribution in [0.3, 0.4) is 0 Å². The number of nitrogens with zero attached hydrogens (tertiary/aromatic N) is 3. The average molecular weight is 304 g/mol. The molecule has 1 saturated heterocycles. The lowest BCUT2D eigenvalue weighted by atomic mass is 10.1. The fraction of sp³-hybridized carbons (Fsp3) is 0.583. The highest BCUT2D eigenvalue weighted by Gasteiger charge is 2.31. The zero-order valence-corrected chi connectivity index (χ0v) is 12.3. The molecule has 19 heavy (non-hydrogen) atoms. The summed E-state index contributed by atoms with van der Waals surface area (Å²) in [5, 5.41) is 7.51. The van der Waals surface area contributed by atoms with Crippen LogP contribution < -0.4 is 0 Å². The predicted molar refractivity (Wildman–Crippen MR) is 72.6 cm³/mol. The Morgan fingerprint density at radius 3 is 2.95 bits per heavy atom. The van der Waals surface area contributed by atoms with Crippen LogP contribution in [0.15, 0.2) is 6.07 Å². The summed E-state index contributed by atoms with van der Waals surface area (Å²) in [6.07, 6.45) is 0.832. The lowest BCUT2D eigenvalue weighted by Gasteiger charge is -2.38. The number of halogens is 2. The minimum absolute atomic E-state index is 0.00999. The zero-order chi connectivity index (χ0) is 14.0. The van der Waals surface area contributed by atoms with Gasteiger partial charge in [0.05, 0.1) is 24.3 Å². The molecule has 1 fully saturated rings. The van der Waals surface area contributed by atoms with E-state index >= 15 is 0 Å². The van der Waals surface area contributed by atoms with Crippen molar-refractivity contribution in [2.75, 3.05) is 13.2 Å². The van der Waals surface area contributed by atoms with Crippen molar-refractivity contribution in [3.8, 4) is 0 Å². The van der Waals surface area contributed by atoms with Crippen molar-refractivity contribution in [3.05, 3.63) is 21.9 Å². The van der Waals surface area contributed by atoms with Crippen LogP contribution in [0.1, 0.15) is 30.6 Å². The molecule has 1 amide bonds. The molecule has 1 aromatic rings. The molecule has 2 atom stereocenters. The number of rotatable bonds is 2.